The van der Waals surface area contributed by atoms with E-state index >= 15 is 0 Å². The lowest BCUT2D eigenvalue weighted by Gasteiger charge is -2.36. The molecule has 5 nitrogen and oxygen atoms in total. The summed E-state index contributed by atoms with van der Waals surface area (Å²) < 4.78 is 7.28. The van der Waals surface area contributed by atoms with Gasteiger partial charge in [0.25, 0.3) is 0 Å². The first-order valence-corrected chi connectivity index (χ1v) is 8.03. The van der Waals surface area contributed by atoms with Crippen molar-refractivity contribution in [1.82, 2.24) is 19.9 Å². The van der Waals surface area contributed by atoms with E-state index in [2.05, 4.69) is 33.1 Å². The van der Waals surface area contributed by atoms with Crippen LogP contribution in [0.2, 0.25) is 0 Å². The van der Waals surface area contributed by atoms with Crippen molar-refractivity contribution in [2.24, 2.45) is 0 Å². The van der Waals surface area contributed by atoms with Crippen molar-refractivity contribution in [3.8, 4) is 17.0 Å². The van der Waals surface area contributed by atoms with Crippen LogP contribution in [0.15, 0.2) is 30.5 Å². The number of hydrogen-bond donors (Lipinski definition) is 0. The molecule has 2 aliphatic heterocycles. The minimum Gasteiger partial charge on any atom is -0.497 e. The van der Waals surface area contributed by atoms with Crippen molar-refractivity contribution in [2.45, 2.75) is 43.8 Å². The van der Waals surface area contributed by atoms with E-state index in [9.17, 15) is 0 Å². The zero-order valence-electron chi connectivity index (χ0n) is 13.1. The Hall–Kier alpha value is -1.88. The second-order valence-corrected chi connectivity index (χ2v) is 6.49. The largest absolute Gasteiger partial charge is 0.497 e. The van der Waals surface area contributed by atoms with Crippen LogP contribution in [0.3, 0.4) is 0 Å². The summed E-state index contributed by atoms with van der Waals surface area (Å²) >= 11 is 0. The van der Waals surface area contributed by atoms with Crippen LogP contribution in [-0.2, 0) is 0 Å². The smallest absolute Gasteiger partial charge is 0.118 e. The molecular formula is C17H22N4O. The molecule has 2 fully saturated rings. The van der Waals surface area contributed by atoms with Gasteiger partial charge < -0.3 is 9.64 Å². The summed E-state index contributed by atoms with van der Waals surface area (Å²) in [5.41, 5.74) is 2.02. The molecule has 0 saturated carbocycles. The highest BCUT2D eigenvalue weighted by atomic mass is 16.5. The minimum atomic E-state index is 0.494. The Morgan fingerprint density at radius 2 is 1.73 bits per heavy atom. The average molecular weight is 298 g/mol. The van der Waals surface area contributed by atoms with Gasteiger partial charge in [-0.2, -0.15) is 0 Å². The van der Waals surface area contributed by atoms with Crippen LogP contribution in [0.25, 0.3) is 11.3 Å². The maximum Gasteiger partial charge on any atom is 0.118 e. The first-order valence-electron chi connectivity index (χ1n) is 8.03. The number of piperidine rings is 1. The highest BCUT2D eigenvalue weighted by molar-refractivity contribution is 5.58. The lowest BCUT2D eigenvalue weighted by molar-refractivity contribution is 0.130. The van der Waals surface area contributed by atoms with E-state index < -0.39 is 0 Å². The average Bonchev–Trinajstić information content (AvgIpc) is 3.10. The van der Waals surface area contributed by atoms with Crippen LogP contribution in [0, 0.1) is 0 Å². The molecule has 1 aromatic heterocycles. The zero-order valence-corrected chi connectivity index (χ0v) is 13.1. The molecule has 0 unspecified atom stereocenters. The van der Waals surface area contributed by atoms with Crippen LogP contribution in [0.4, 0.5) is 0 Å². The molecule has 4 rings (SSSR count). The van der Waals surface area contributed by atoms with Crippen molar-refractivity contribution < 1.29 is 4.74 Å². The first-order chi connectivity index (χ1) is 10.7. The van der Waals surface area contributed by atoms with Crippen molar-refractivity contribution >= 4 is 0 Å². The minimum absolute atomic E-state index is 0.494. The van der Waals surface area contributed by atoms with Crippen LogP contribution >= 0.6 is 0 Å². The zero-order chi connectivity index (χ0) is 15.1. The third kappa shape index (κ3) is 2.29. The lowest BCUT2D eigenvalue weighted by atomic mass is 9.98. The summed E-state index contributed by atoms with van der Waals surface area (Å²) in [7, 11) is 3.95. The first kappa shape index (κ1) is 13.8. The maximum atomic E-state index is 5.20. The van der Waals surface area contributed by atoms with Gasteiger partial charge in [-0.05, 0) is 57.0 Å². The van der Waals surface area contributed by atoms with Crippen LogP contribution in [0.1, 0.15) is 31.7 Å². The van der Waals surface area contributed by atoms with Crippen molar-refractivity contribution in [1.29, 1.82) is 0 Å². The molecule has 0 spiro atoms. The predicted molar refractivity (Wildman–Crippen MR) is 84.9 cm³/mol. The van der Waals surface area contributed by atoms with Crippen LogP contribution in [-0.4, -0.2) is 46.1 Å². The summed E-state index contributed by atoms with van der Waals surface area (Å²) in [6.07, 6.45) is 7.14. The number of methoxy groups -OCH3 is 1. The van der Waals surface area contributed by atoms with Crippen molar-refractivity contribution in [3.05, 3.63) is 30.5 Å². The second kappa shape index (κ2) is 5.39. The quantitative estimate of drug-likeness (QED) is 0.874. The molecule has 2 bridgehead atoms. The summed E-state index contributed by atoms with van der Waals surface area (Å²) in [5, 5.41) is 8.76. The van der Waals surface area contributed by atoms with Gasteiger partial charge in [-0.1, -0.05) is 5.21 Å². The SMILES string of the molecule is COc1ccc(-c2cn([C@H]3C[C@H]4CC[C@@H](C3)N4C)nn2)cc1. The summed E-state index contributed by atoms with van der Waals surface area (Å²) in [5.74, 6) is 0.864. The van der Waals surface area contributed by atoms with E-state index in [-0.39, 0.29) is 0 Å². The van der Waals surface area contributed by atoms with E-state index in [0.29, 0.717) is 6.04 Å². The number of hydrogen-bond acceptors (Lipinski definition) is 4. The standard InChI is InChI=1S/C17H22N4O/c1-20-13-5-6-14(20)10-15(9-13)21-11-17(18-19-21)12-3-7-16(22-2)8-4-12/h3-4,7-8,11,13-15H,5-6,9-10H2,1-2H3/t13-,14+,15+. The van der Waals surface area contributed by atoms with E-state index in [1.807, 2.05) is 24.3 Å². The van der Waals surface area contributed by atoms with Gasteiger partial charge in [0, 0.05) is 17.6 Å². The molecule has 3 heterocycles. The number of nitrogens with zero attached hydrogens (tertiary/aromatic N) is 4. The number of benzene rings is 1. The Kier molecular flexibility index (Phi) is 3.37. The van der Waals surface area contributed by atoms with E-state index in [1.165, 1.54) is 25.7 Å². The molecule has 116 valence electrons. The summed E-state index contributed by atoms with van der Waals surface area (Å²) in [6, 6.07) is 9.92. The number of aromatic nitrogens is 3. The third-order valence-corrected chi connectivity index (χ3v) is 5.34. The molecule has 2 saturated heterocycles. The lowest BCUT2D eigenvalue weighted by Crippen LogP contribution is -2.40. The maximum absolute atomic E-state index is 5.20. The molecule has 2 aliphatic rings. The fourth-order valence-corrected chi connectivity index (χ4v) is 3.95. The molecule has 3 atom stereocenters. The molecule has 2 aromatic rings. The van der Waals surface area contributed by atoms with Gasteiger partial charge in [-0.15, -0.1) is 5.10 Å². The van der Waals surface area contributed by atoms with Crippen LogP contribution < -0.4 is 4.74 Å². The Labute approximate surface area is 130 Å². The van der Waals surface area contributed by atoms with E-state index in [1.54, 1.807) is 7.11 Å². The van der Waals surface area contributed by atoms with E-state index in [0.717, 1.165) is 29.1 Å². The van der Waals surface area contributed by atoms with Gasteiger partial charge in [0.05, 0.1) is 19.3 Å². The highest BCUT2D eigenvalue weighted by Gasteiger charge is 2.39. The number of ether oxygens (including phenoxy) is 1. The number of fused-ring (bicyclic) bond motifs is 2. The fourth-order valence-electron chi connectivity index (χ4n) is 3.95. The Morgan fingerprint density at radius 1 is 1.05 bits per heavy atom. The number of rotatable bonds is 3. The van der Waals surface area contributed by atoms with Gasteiger partial charge >= 0.3 is 0 Å². The predicted octanol–water partition coefficient (Wildman–Crippen LogP) is 2.75. The summed E-state index contributed by atoms with van der Waals surface area (Å²) in [6.45, 7) is 0. The van der Waals surface area contributed by atoms with Crippen molar-refractivity contribution in [3.63, 3.8) is 0 Å². The summed E-state index contributed by atoms with van der Waals surface area (Å²) in [4.78, 5) is 2.55. The van der Waals surface area contributed by atoms with Gasteiger partial charge in [-0.25, -0.2) is 4.68 Å². The Bertz CT molecular complexity index is 637. The van der Waals surface area contributed by atoms with Gasteiger partial charge in [0.15, 0.2) is 0 Å². The molecule has 22 heavy (non-hydrogen) atoms. The van der Waals surface area contributed by atoms with Crippen molar-refractivity contribution in [2.75, 3.05) is 14.2 Å². The van der Waals surface area contributed by atoms with E-state index in [4.69, 9.17) is 4.74 Å². The Morgan fingerprint density at radius 3 is 2.36 bits per heavy atom. The monoisotopic (exact) mass is 298 g/mol. The molecular weight excluding hydrogens is 276 g/mol. The third-order valence-electron chi connectivity index (χ3n) is 5.34. The van der Waals surface area contributed by atoms with Gasteiger partial charge in [0.1, 0.15) is 11.4 Å². The van der Waals surface area contributed by atoms with Gasteiger partial charge in [0.2, 0.25) is 0 Å². The molecule has 5 heteroatoms. The van der Waals surface area contributed by atoms with Gasteiger partial charge in [-0.3, -0.25) is 0 Å². The Balaban J connectivity index is 1.54. The fraction of sp³-hybridized carbons (Fsp3) is 0.529. The molecule has 0 aliphatic carbocycles. The molecule has 1 aromatic carbocycles. The molecule has 0 N–H and O–H groups in total. The molecule has 0 radical (unpaired) electrons. The normalized spacial score (nSPS) is 28.0. The molecule has 0 amide bonds. The highest BCUT2D eigenvalue weighted by Crippen LogP contribution is 2.39. The second-order valence-electron chi connectivity index (χ2n) is 6.49. The topological polar surface area (TPSA) is 43.2 Å². The van der Waals surface area contributed by atoms with Crippen LogP contribution in [0.5, 0.6) is 5.75 Å².